The second-order valence-corrected chi connectivity index (χ2v) is 11.0. The zero-order chi connectivity index (χ0) is 25.4. The van der Waals surface area contributed by atoms with E-state index in [0.29, 0.717) is 24.4 Å². The zero-order valence-corrected chi connectivity index (χ0v) is 22.8. The van der Waals surface area contributed by atoms with Crippen molar-refractivity contribution in [2.45, 2.75) is 109 Å². The van der Waals surface area contributed by atoms with Crippen molar-refractivity contribution in [3.8, 4) is 0 Å². The second kappa shape index (κ2) is 16.9. The van der Waals surface area contributed by atoms with Crippen molar-refractivity contribution < 1.29 is 18.0 Å². The van der Waals surface area contributed by atoms with Gasteiger partial charge in [-0.2, -0.15) is 0 Å². The molecule has 0 saturated heterocycles. The minimum atomic E-state index is -4.19. The third-order valence-electron chi connectivity index (χ3n) is 5.86. The molecule has 0 radical (unpaired) electrons. The maximum absolute atomic E-state index is 13.2. The van der Waals surface area contributed by atoms with Gasteiger partial charge in [-0.3, -0.25) is 4.79 Å². The third-order valence-corrected chi connectivity index (χ3v) is 8.01. The van der Waals surface area contributed by atoms with Crippen molar-refractivity contribution in [2.75, 3.05) is 13.1 Å². The molecular weight excluding hydrogens is 472 g/mol. The monoisotopic (exact) mass is 514 g/mol. The summed E-state index contributed by atoms with van der Waals surface area (Å²) in [5.41, 5.74) is 0.0568. The van der Waals surface area contributed by atoms with Crippen LogP contribution in [0.5, 0.6) is 0 Å². The third kappa shape index (κ3) is 10.3. The normalized spacial score (nSPS) is 11.4. The molecular formula is C26H43ClN2O4S. The number of benzene rings is 1. The summed E-state index contributed by atoms with van der Waals surface area (Å²) >= 11 is 6.09. The Labute approximate surface area is 211 Å². The molecule has 0 heterocycles. The SMILES string of the molecule is CCCCCCCCCCCCCC(=O)c1cc(Cl)ccc1S(=O)(=O)N(CC)C(=O)NCCC. The van der Waals surface area contributed by atoms with E-state index in [2.05, 4.69) is 12.2 Å². The highest BCUT2D eigenvalue weighted by molar-refractivity contribution is 7.89. The van der Waals surface area contributed by atoms with Gasteiger partial charge in [0.05, 0.1) is 4.90 Å². The summed E-state index contributed by atoms with van der Waals surface area (Å²) in [7, 11) is -4.19. The average molecular weight is 515 g/mol. The molecule has 1 aromatic rings. The molecule has 0 aliphatic heterocycles. The fraction of sp³-hybridized carbons (Fsp3) is 0.692. The van der Waals surface area contributed by atoms with Crippen LogP contribution in [0.1, 0.15) is 115 Å². The van der Waals surface area contributed by atoms with Crippen LogP contribution in [0.3, 0.4) is 0 Å². The molecule has 0 unspecified atom stereocenters. The first-order valence-corrected chi connectivity index (χ1v) is 14.7. The van der Waals surface area contributed by atoms with Gasteiger partial charge < -0.3 is 5.32 Å². The Kier molecular flexibility index (Phi) is 15.2. The Balaban J connectivity index is 2.67. The van der Waals surface area contributed by atoms with E-state index in [4.69, 9.17) is 11.6 Å². The predicted molar refractivity (Wildman–Crippen MR) is 140 cm³/mol. The molecule has 1 aromatic carbocycles. The summed E-state index contributed by atoms with van der Waals surface area (Å²) in [4.78, 5) is 25.2. The first-order valence-electron chi connectivity index (χ1n) is 12.9. The molecule has 34 heavy (non-hydrogen) atoms. The van der Waals surface area contributed by atoms with Gasteiger partial charge in [0, 0.05) is 30.1 Å². The Hall–Kier alpha value is -1.60. The molecule has 6 nitrogen and oxygen atoms in total. The Bertz CT molecular complexity index is 858. The molecule has 8 heteroatoms. The van der Waals surface area contributed by atoms with Gasteiger partial charge in [-0.05, 0) is 38.0 Å². The van der Waals surface area contributed by atoms with E-state index < -0.39 is 16.1 Å². The van der Waals surface area contributed by atoms with Crippen molar-refractivity contribution in [1.29, 1.82) is 0 Å². The standard InChI is InChI=1S/C26H43ClN2O4S/c1-4-7-8-9-10-11-12-13-14-15-16-17-24(30)23-21-22(27)18-19-25(23)34(32,33)29(6-3)26(31)28-20-5-2/h18-19,21H,4-17,20H2,1-3H3,(H,28,31). The number of rotatable bonds is 18. The van der Waals surface area contributed by atoms with Crippen molar-refractivity contribution in [3.05, 3.63) is 28.8 Å². The molecule has 0 saturated carbocycles. The topological polar surface area (TPSA) is 83.6 Å². The number of carbonyl (C=O) groups is 2. The molecule has 194 valence electrons. The van der Waals surface area contributed by atoms with Crippen molar-refractivity contribution in [3.63, 3.8) is 0 Å². The summed E-state index contributed by atoms with van der Waals surface area (Å²) in [5, 5.41) is 2.88. The fourth-order valence-corrected chi connectivity index (χ4v) is 5.61. The van der Waals surface area contributed by atoms with Crippen molar-refractivity contribution >= 4 is 33.4 Å². The molecule has 1 N–H and O–H groups in total. The molecule has 2 amide bonds. The van der Waals surface area contributed by atoms with Crippen LogP contribution in [0, 0.1) is 0 Å². The van der Waals surface area contributed by atoms with E-state index >= 15 is 0 Å². The number of amides is 2. The lowest BCUT2D eigenvalue weighted by Gasteiger charge is -2.22. The molecule has 0 spiro atoms. The number of sulfonamides is 1. The molecule has 0 bridgehead atoms. The van der Waals surface area contributed by atoms with Crippen LogP contribution in [0.2, 0.25) is 5.02 Å². The molecule has 0 atom stereocenters. The second-order valence-electron chi connectivity index (χ2n) is 8.75. The Morgan fingerprint density at radius 2 is 1.41 bits per heavy atom. The zero-order valence-electron chi connectivity index (χ0n) is 21.2. The Morgan fingerprint density at radius 1 is 0.853 bits per heavy atom. The molecule has 0 aliphatic carbocycles. The van der Waals surface area contributed by atoms with E-state index in [9.17, 15) is 18.0 Å². The number of ketones is 1. The number of nitrogens with zero attached hydrogens (tertiary/aromatic N) is 1. The first-order chi connectivity index (χ1) is 16.3. The van der Waals surface area contributed by atoms with E-state index in [0.717, 1.165) is 23.6 Å². The quantitative estimate of drug-likeness (QED) is 0.164. The highest BCUT2D eigenvalue weighted by Crippen LogP contribution is 2.26. The van der Waals surface area contributed by atoms with Crippen LogP contribution in [0.4, 0.5) is 4.79 Å². The van der Waals surface area contributed by atoms with E-state index in [1.807, 2.05) is 6.92 Å². The summed E-state index contributed by atoms with van der Waals surface area (Å²) in [6.45, 7) is 6.04. The number of hydrogen-bond acceptors (Lipinski definition) is 4. The summed E-state index contributed by atoms with van der Waals surface area (Å²) < 4.78 is 27.2. The van der Waals surface area contributed by atoms with Gasteiger partial charge in [0.25, 0.3) is 10.0 Å². The van der Waals surface area contributed by atoms with Crippen LogP contribution in [-0.2, 0) is 10.0 Å². The van der Waals surface area contributed by atoms with Crippen LogP contribution in [0.25, 0.3) is 0 Å². The highest BCUT2D eigenvalue weighted by Gasteiger charge is 2.31. The van der Waals surface area contributed by atoms with Gasteiger partial charge in [-0.1, -0.05) is 89.7 Å². The maximum atomic E-state index is 13.2. The number of Topliss-reactive ketones (excluding diaryl/α,β-unsaturated/α-hetero) is 1. The molecule has 0 aromatic heterocycles. The summed E-state index contributed by atoms with van der Waals surface area (Å²) in [6, 6.07) is 3.46. The minimum Gasteiger partial charge on any atom is -0.337 e. The number of unbranched alkanes of at least 4 members (excludes halogenated alkanes) is 10. The van der Waals surface area contributed by atoms with Crippen LogP contribution in [0.15, 0.2) is 23.1 Å². The fourth-order valence-electron chi connectivity index (χ4n) is 3.89. The van der Waals surface area contributed by atoms with Crippen molar-refractivity contribution in [2.24, 2.45) is 0 Å². The first kappa shape index (κ1) is 30.4. The number of halogens is 1. The van der Waals surface area contributed by atoms with Gasteiger partial charge in [0.2, 0.25) is 0 Å². The summed E-state index contributed by atoms with van der Waals surface area (Å²) in [5.74, 6) is -0.262. The lowest BCUT2D eigenvalue weighted by atomic mass is 10.0. The number of nitrogens with one attached hydrogen (secondary N) is 1. The van der Waals surface area contributed by atoms with E-state index in [1.54, 1.807) is 6.92 Å². The molecule has 0 fully saturated rings. The lowest BCUT2D eigenvalue weighted by Crippen LogP contribution is -2.44. The van der Waals surface area contributed by atoms with Gasteiger partial charge in [-0.15, -0.1) is 0 Å². The largest absolute Gasteiger partial charge is 0.337 e. The highest BCUT2D eigenvalue weighted by atomic mass is 35.5. The number of hydrogen-bond donors (Lipinski definition) is 1. The summed E-state index contributed by atoms with van der Waals surface area (Å²) in [6.07, 6.45) is 13.9. The van der Waals surface area contributed by atoms with Crippen LogP contribution >= 0.6 is 11.6 Å². The lowest BCUT2D eigenvalue weighted by molar-refractivity contribution is 0.0975. The van der Waals surface area contributed by atoms with Crippen LogP contribution < -0.4 is 5.32 Å². The molecule has 0 aliphatic rings. The van der Waals surface area contributed by atoms with Crippen LogP contribution in [-0.4, -0.2) is 37.6 Å². The van der Waals surface area contributed by atoms with Gasteiger partial charge in [0.1, 0.15) is 0 Å². The maximum Gasteiger partial charge on any atom is 0.331 e. The van der Waals surface area contributed by atoms with E-state index in [1.165, 1.54) is 63.1 Å². The molecule has 1 rings (SSSR count). The van der Waals surface area contributed by atoms with Gasteiger partial charge in [0.15, 0.2) is 5.78 Å². The van der Waals surface area contributed by atoms with Gasteiger partial charge in [-0.25, -0.2) is 17.5 Å². The average Bonchev–Trinajstić information content (AvgIpc) is 2.81. The predicted octanol–water partition coefficient (Wildman–Crippen LogP) is 7.35. The van der Waals surface area contributed by atoms with E-state index in [-0.39, 0.29) is 29.2 Å². The smallest absolute Gasteiger partial charge is 0.331 e. The van der Waals surface area contributed by atoms with Gasteiger partial charge >= 0.3 is 6.03 Å². The Morgan fingerprint density at radius 3 is 1.94 bits per heavy atom. The van der Waals surface area contributed by atoms with Crippen molar-refractivity contribution in [1.82, 2.24) is 9.62 Å². The minimum absolute atomic E-state index is 0.0350. The number of carbonyl (C=O) groups excluding carboxylic acids is 2. The number of urea groups is 1.